The van der Waals surface area contributed by atoms with Crippen LogP contribution in [0.25, 0.3) is 11.0 Å². The first-order valence-electron chi connectivity index (χ1n) is 7.75. The van der Waals surface area contributed by atoms with E-state index in [1.807, 2.05) is 18.2 Å². The Morgan fingerprint density at radius 3 is 2.83 bits per heavy atom. The van der Waals surface area contributed by atoms with Crippen molar-refractivity contribution in [2.24, 2.45) is 0 Å². The maximum absolute atomic E-state index is 11.7. The van der Waals surface area contributed by atoms with E-state index in [-0.39, 0.29) is 22.8 Å². The lowest BCUT2D eigenvalue weighted by Gasteiger charge is -2.06. The highest BCUT2D eigenvalue weighted by Gasteiger charge is 2.31. The topological polar surface area (TPSA) is 96.6 Å². The maximum Gasteiger partial charge on any atom is 0.303 e. The number of imide groups is 1. The quantitative estimate of drug-likeness (QED) is 0.747. The van der Waals surface area contributed by atoms with Crippen molar-refractivity contribution in [3.8, 4) is 0 Å². The zero-order valence-corrected chi connectivity index (χ0v) is 13.7. The van der Waals surface area contributed by atoms with Crippen molar-refractivity contribution in [2.75, 3.05) is 0 Å². The number of carbonyl (C=O) groups is 3. The van der Waals surface area contributed by atoms with Crippen LogP contribution in [0.2, 0.25) is 0 Å². The molecule has 3 rings (SSSR count). The van der Waals surface area contributed by atoms with Gasteiger partial charge in [-0.3, -0.25) is 19.7 Å². The molecule has 1 aromatic heterocycles. The van der Waals surface area contributed by atoms with Gasteiger partial charge >= 0.3 is 5.97 Å². The van der Waals surface area contributed by atoms with Gasteiger partial charge in [0.05, 0.1) is 11.5 Å². The predicted molar refractivity (Wildman–Crippen MR) is 90.0 cm³/mol. The van der Waals surface area contributed by atoms with Gasteiger partial charge < -0.3 is 9.52 Å². The molecule has 1 fully saturated rings. The van der Waals surface area contributed by atoms with Crippen LogP contribution in [-0.4, -0.2) is 27.5 Å². The Morgan fingerprint density at radius 1 is 1.29 bits per heavy atom. The second-order valence-electron chi connectivity index (χ2n) is 5.78. The fraction of sp³-hybridized carbons (Fsp3) is 0.353. The van der Waals surface area contributed by atoms with Crippen LogP contribution in [0.4, 0.5) is 4.79 Å². The standard InChI is InChI=1S/C17H17NO5S/c19-15(20)4-2-1-3-11-9-23-13-6-5-10(7-12(11)13)8-14-16(21)18-17(22)24-14/h5-7,9,14H,1-4,8H2,(H,19,20)(H,18,21,22). The minimum absolute atomic E-state index is 0.170. The number of hydrogen-bond donors (Lipinski definition) is 2. The average molecular weight is 347 g/mol. The summed E-state index contributed by atoms with van der Waals surface area (Å²) in [7, 11) is 0. The van der Waals surface area contributed by atoms with Crippen molar-refractivity contribution in [2.45, 2.75) is 37.4 Å². The summed E-state index contributed by atoms with van der Waals surface area (Å²) in [6, 6.07) is 5.75. The molecule has 2 heterocycles. The smallest absolute Gasteiger partial charge is 0.303 e. The number of carboxylic acid groups (broad SMARTS) is 1. The van der Waals surface area contributed by atoms with Crippen molar-refractivity contribution in [1.82, 2.24) is 5.32 Å². The SMILES string of the molecule is O=C(O)CCCCc1coc2ccc(CC3SC(=O)NC3=O)cc12. The summed E-state index contributed by atoms with van der Waals surface area (Å²) in [6.07, 6.45) is 4.52. The van der Waals surface area contributed by atoms with Crippen molar-refractivity contribution in [1.29, 1.82) is 0 Å². The van der Waals surface area contributed by atoms with Crippen LogP contribution in [-0.2, 0) is 22.4 Å². The van der Waals surface area contributed by atoms with Crippen LogP contribution < -0.4 is 5.32 Å². The van der Waals surface area contributed by atoms with E-state index in [4.69, 9.17) is 9.52 Å². The summed E-state index contributed by atoms with van der Waals surface area (Å²) in [5.74, 6) is -1.03. The van der Waals surface area contributed by atoms with E-state index in [1.54, 1.807) is 6.26 Å². The third-order valence-electron chi connectivity index (χ3n) is 3.99. The molecule has 0 saturated carbocycles. The molecule has 0 spiro atoms. The van der Waals surface area contributed by atoms with Crippen LogP contribution in [0.1, 0.15) is 30.4 Å². The molecule has 6 nitrogen and oxygen atoms in total. The van der Waals surface area contributed by atoms with E-state index in [2.05, 4.69) is 5.32 Å². The van der Waals surface area contributed by atoms with Crippen LogP contribution >= 0.6 is 11.8 Å². The molecule has 24 heavy (non-hydrogen) atoms. The third-order valence-corrected chi connectivity index (χ3v) is 4.97. The van der Waals surface area contributed by atoms with Crippen LogP contribution in [0.5, 0.6) is 0 Å². The van der Waals surface area contributed by atoms with Crippen LogP contribution in [0.3, 0.4) is 0 Å². The number of hydrogen-bond acceptors (Lipinski definition) is 5. The summed E-state index contributed by atoms with van der Waals surface area (Å²) in [6.45, 7) is 0. The molecule has 1 unspecified atom stereocenters. The molecule has 0 bridgehead atoms. The molecule has 1 aliphatic rings. The van der Waals surface area contributed by atoms with Gasteiger partial charge in [-0.25, -0.2) is 0 Å². The van der Waals surface area contributed by atoms with Gasteiger partial charge in [0, 0.05) is 11.8 Å². The first kappa shape index (κ1) is 16.6. The van der Waals surface area contributed by atoms with E-state index in [1.165, 1.54) is 0 Å². The number of furan rings is 1. The fourth-order valence-corrected chi connectivity index (χ4v) is 3.64. The molecule has 1 atom stereocenters. The van der Waals surface area contributed by atoms with E-state index in [9.17, 15) is 14.4 Å². The van der Waals surface area contributed by atoms with Gasteiger partial charge in [-0.05, 0) is 48.9 Å². The molecule has 1 aliphatic heterocycles. The van der Waals surface area contributed by atoms with E-state index in [0.29, 0.717) is 12.8 Å². The number of thioether (sulfide) groups is 1. The molecule has 0 radical (unpaired) electrons. The Hall–Kier alpha value is -2.28. The second kappa shape index (κ2) is 7.09. The first-order valence-corrected chi connectivity index (χ1v) is 8.63. The summed E-state index contributed by atoms with van der Waals surface area (Å²) in [5, 5.41) is 11.3. The summed E-state index contributed by atoms with van der Waals surface area (Å²) in [4.78, 5) is 33.5. The van der Waals surface area contributed by atoms with Gasteiger partial charge in [0.1, 0.15) is 5.58 Å². The number of aliphatic carboxylic acids is 1. The minimum Gasteiger partial charge on any atom is -0.481 e. The number of nitrogens with one attached hydrogen (secondary N) is 1. The van der Waals surface area contributed by atoms with Gasteiger partial charge in [-0.15, -0.1) is 0 Å². The number of amides is 2. The zero-order chi connectivity index (χ0) is 17.1. The average Bonchev–Trinajstić information content (AvgIpc) is 3.06. The normalized spacial score (nSPS) is 17.4. The van der Waals surface area contributed by atoms with Gasteiger partial charge in [0.25, 0.3) is 5.24 Å². The number of carbonyl (C=O) groups excluding carboxylic acids is 2. The van der Waals surface area contributed by atoms with Gasteiger partial charge in [0.2, 0.25) is 5.91 Å². The fourth-order valence-electron chi connectivity index (χ4n) is 2.78. The summed E-state index contributed by atoms with van der Waals surface area (Å²) < 4.78 is 5.54. The Morgan fingerprint density at radius 2 is 2.12 bits per heavy atom. The summed E-state index contributed by atoms with van der Waals surface area (Å²) in [5.41, 5.74) is 2.78. The molecule has 2 amide bonds. The van der Waals surface area contributed by atoms with Gasteiger partial charge in [0.15, 0.2) is 0 Å². The number of rotatable bonds is 7. The number of fused-ring (bicyclic) bond motifs is 1. The monoisotopic (exact) mass is 347 g/mol. The molecular formula is C17H17NO5S. The number of benzene rings is 1. The van der Waals surface area contributed by atoms with Gasteiger partial charge in [-0.1, -0.05) is 17.8 Å². The van der Waals surface area contributed by atoms with Crippen molar-refractivity contribution >= 4 is 39.8 Å². The Bertz CT molecular complexity index is 797. The second-order valence-corrected chi connectivity index (χ2v) is 6.96. The lowest BCUT2D eigenvalue weighted by Crippen LogP contribution is -2.25. The molecular weight excluding hydrogens is 330 g/mol. The van der Waals surface area contributed by atoms with Crippen molar-refractivity contribution in [3.05, 3.63) is 35.6 Å². The molecule has 1 saturated heterocycles. The lowest BCUT2D eigenvalue weighted by molar-refractivity contribution is -0.137. The highest BCUT2D eigenvalue weighted by Crippen LogP contribution is 2.27. The molecule has 7 heteroatoms. The predicted octanol–water partition coefficient (Wildman–Crippen LogP) is 3.12. The van der Waals surface area contributed by atoms with Crippen LogP contribution in [0, 0.1) is 0 Å². The minimum atomic E-state index is -0.781. The van der Waals surface area contributed by atoms with Crippen molar-refractivity contribution in [3.63, 3.8) is 0 Å². The third kappa shape index (κ3) is 3.79. The largest absolute Gasteiger partial charge is 0.481 e. The van der Waals surface area contributed by atoms with E-state index >= 15 is 0 Å². The highest BCUT2D eigenvalue weighted by molar-refractivity contribution is 8.15. The van der Waals surface area contributed by atoms with Crippen LogP contribution in [0.15, 0.2) is 28.9 Å². The number of unbranched alkanes of at least 4 members (excludes halogenated alkanes) is 1. The van der Waals surface area contributed by atoms with Gasteiger partial charge in [-0.2, -0.15) is 0 Å². The van der Waals surface area contributed by atoms with E-state index in [0.717, 1.165) is 46.7 Å². The molecule has 0 aliphatic carbocycles. The molecule has 126 valence electrons. The number of carboxylic acids is 1. The van der Waals surface area contributed by atoms with E-state index < -0.39 is 5.97 Å². The summed E-state index contributed by atoms with van der Waals surface area (Å²) >= 11 is 1.02. The first-order chi connectivity index (χ1) is 11.5. The maximum atomic E-state index is 11.7. The Kier molecular flexibility index (Phi) is 4.89. The number of aryl methyl sites for hydroxylation is 1. The molecule has 2 N–H and O–H groups in total. The zero-order valence-electron chi connectivity index (χ0n) is 12.9. The molecule has 1 aromatic carbocycles. The Balaban J connectivity index is 1.70. The highest BCUT2D eigenvalue weighted by atomic mass is 32.2. The molecule has 2 aromatic rings. The van der Waals surface area contributed by atoms with Crippen molar-refractivity contribution < 1.29 is 23.9 Å². The Labute approximate surface area is 142 Å². The lowest BCUT2D eigenvalue weighted by atomic mass is 10.0.